The molecule has 3 aromatic rings. The molecule has 0 bridgehead atoms. The Balaban J connectivity index is 0.00000103. The van der Waals surface area contributed by atoms with E-state index in [4.69, 9.17) is 26.2 Å². The number of nitrogens with zero attached hydrogens (tertiary/aromatic N) is 2. The Morgan fingerprint density at radius 1 is 1.32 bits per heavy atom. The van der Waals surface area contributed by atoms with Crippen molar-refractivity contribution in [3.63, 3.8) is 0 Å². The molecule has 7 nitrogen and oxygen atoms in total. The monoisotopic (exact) mass is 499 g/mol. The number of benzene rings is 1. The number of H-pyrrole nitrogens is 1. The number of aliphatic hydroxyl groups is 1. The number of aliphatic hydroxyl groups excluding tert-OH is 1. The lowest BCUT2D eigenvalue weighted by Gasteiger charge is -2.34. The molecule has 1 unspecified atom stereocenters. The fraction of sp³-hybridized carbons (Fsp3) is 0.391. The van der Waals surface area contributed by atoms with Gasteiger partial charge < -0.3 is 19.9 Å². The molecule has 1 atom stereocenters. The molecule has 1 aliphatic rings. The summed E-state index contributed by atoms with van der Waals surface area (Å²) in [6.45, 7) is 1.19. The van der Waals surface area contributed by atoms with Crippen LogP contribution in [0.25, 0.3) is 10.9 Å². The van der Waals surface area contributed by atoms with Crippen LogP contribution >= 0.6 is 11.6 Å². The Labute approximate surface area is 199 Å². The van der Waals surface area contributed by atoms with Crippen molar-refractivity contribution in [3.05, 3.63) is 57.9 Å². The highest BCUT2D eigenvalue weighted by molar-refractivity contribution is 6.31. The number of hydrogen-bond donors (Lipinski definition) is 3. The second-order valence-electron chi connectivity index (χ2n) is 7.76. The zero-order valence-electron chi connectivity index (χ0n) is 18.4. The van der Waals surface area contributed by atoms with Gasteiger partial charge in [0.15, 0.2) is 0 Å². The average Bonchev–Trinajstić information content (AvgIpc) is 3.16. The van der Waals surface area contributed by atoms with Crippen molar-refractivity contribution in [2.24, 2.45) is 0 Å². The highest BCUT2D eigenvalue weighted by Gasteiger charge is 2.35. The molecule has 0 saturated carbocycles. The van der Waals surface area contributed by atoms with E-state index < -0.39 is 17.6 Å². The SMILES string of the molecule is COc1nc(CCCN2CCc3c([nH]c4ccc(Cl)cc34)C2CO)ccc1C(F)(F)F.O=CO. The fourth-order valence-corrected chi connectivity index (χ4v) is 4.49. The van der Waals surface area contributed by atoms with Crippen LogP contribution < -0.4 is 4.74 Å². The molecule has 0 aliphatic carbocycles. The summed E-state index contributed by atoms with van der Waals surface area (Å²) < 4.78 is 43.8. The Morgan fingerprint density at radius 3 is 2.71 bits per heavy atom. The maximum atomic E-state index is 13.0. The van der Waals surface area contributed by atoms with Gasteiger partial charge in [-0.2, -0.15) is 13.2 Å². The standard InChI is InChI=1S/C22H23ClF3N3O2.CH2O2/c1-31-21-17(22(24,25)26)6-5-14(27-21)3-2-9-29-10-8-15-16-11-13(23)4-7-18(16)28-20(15)19(29)12-30;2-1-3/h4-7,11,19,28,30H,2-3,8-10,12H2,1H3;1H,(H,2,3). The van der Waals surface area contributed by atoms with E-state index in [0.29, 0.717) is 30.1 Å². The summed E-state index contributed by atoms with van der Waals surface area (Å²) in [5, 5.41) is 18.7. The molecule has 0 spiro atoms. The van der Waals surface area contributed by atoms with Gasteiger partial charge in [0.1, 0.15) is 5.56 Å². The second-order valence-corrected chi connectivity index (χ2v) is 8.19. The summed E-state index contributed by atoms with van der Waals surface area (Å²) in [7, 11) is 1.19. The van der Waals surface area contributed by atoms with Crippen LogP contribution in [0.15, 0.2) is 30.3 Å². The fourth-order valence-electron chi connectivity index (χ4n) is 4.32. The van der Waals surface area contributed by atoms with Crippen molar-refractivity contribution in [2.75, 3.05) is 26.8 Å². The second kappa shape index (κ2) is 11.1. The van der Waals surface area contributed by atoms with Crippen LogP contribution in [0.4, 0.5) is 13.2 Å². The molecule has 2 aromatic heterocycles. The molecule has 34 heavy (non-hydrogen) atoms. The van der Waals surface area contributed by atoms with Crippen molar-refractivity contribution in [1.82, 2.24) is 14.9 Å². The van der Waals surface area contributed by atoms with E-state index in [1.165, 1.54) is 18.7 Å². The summed E-state index contributed by atoms with van der Waals surface area (Å²) in [5.41, 5.74) is 2.85. The van der Waals surface area contributed by atoms with Crippen LogP contribution in [0.5, 0.6) is 5.88 Å². The Hall–Kier alpha value is -2.82. The van der Waals surface area contributed by atoms with Gasteiger partial charge in [0.05, 0.1) is 19.8 Å². The van der Waals surface area contributed by atoms with Crippen LogP contribution in [0.1, 0.15) is 35.0 Å². The maximum absolute atomic E-state index is 13.0. The molecule has 3 heterocycles. The third kappa shape index (κ3) is 5.63. The number of ether oxygens (including phenoxy) is 1. The number of nitrogens with one attached hydrogen (secondary N) is 1. The van der Waals surface area contributed by atoms with Gasteiger partial charge in [-0.3, -0.25) is 9.69 Å². The number of hydrogen-bond acceptors (Lipinski definition) is 5. The molecule has 0 amide bonds. The van der Waals surface area contributed by atoms with Crippen LogP contribution in [0.3, 0.4) is 0 Å². The predicted molar refractivity (Wildman–Crippen MR) is 121 cm³/mol. The lowest BCUT2D eigenvalue weighted by molar-refractivity contribution is -0.139. The number of alkyl halides is 3. The molecule has 0 radical (unpaired) electrons. The number of carbonyl (C=O) groups is 1. The number of aromatic amines is 1. The van der Waals surface area contributed by atoms with E-state index in [1.807, 2.05) is 18.2 Å². The molecular formula is C23H25ClF3N3O4. The zero-order chi connectivity index (χ0) is 24.9. The van der Waals surface area contributed by atoms with Gasteiger partial charge in [-0.25, -0.2) is 4.98 Å². The lowest BCUT2D eigenvalue weighted by Crippen LogP contribution is -2.38. The molecule has 0 saturated heterocycles. The van der Waals surface area contributed by atoms with Gasteiger partial charge >= 0.3 is 6.18 Å². The van der Waals surface area contributed by atoms with E-state index in [0.717, 1.165) is 35.6 Å². The summed E-state index contributed by atoms with van der Waals surface area (Å²) >= 11 is 6.15. The van der Waals surface area contributed by atoms with Gasteiger partial charge in [0.25, 0.3) is 6.47 Å². The molecule has 0 fully saturated rings. The highest BCUT2D eigenvalue weighted by atomic mass is 35.5. The number of rotatable bonds is 6. The lowest BCUT2D eigenvalue weighted by atomic mass is 9.97. The first-order chi connectivity index (χ1) is 16.2. The van der Waals surface area contributed by atoms with Crippen molar-refractivity contribution < 1.29 is 32.9 Å². The normalized spacial score (nSPS) is 16.0. The minimum absolute atomic E-state index is 0.0279. The number of pyridine rings is 1. The maximum Gasteiger partial charge on any atom is 0.421 e. The first-order valence-corrected chi connectivity index (χ1v) is 10.9. The van der Waals surface area contributed by atoms with E-state index in [1.54, 1.807) is 0 Å². The van der Waals surface area contributed by atoms with Crippen LogP contribution in [-0.2, 0) is 23.8 Å². The van der Waals surface area contributed by atoms with E-state index in [2.05, 4.69) is 14.9 Å². The van der Waals surface area contributed by atoms with Gasteiger partial charge in [0.2, 0.25) is 5.88 Å². The number of aromatic nitrogens is 2. The molecule has 4 rings (SSSR count). The Morgan fingerprint density at radius 2 is 2.06 bits per heavy atom. The minimum atomic E-state index is -4.50. The zero-order valence-corrected chi connectivity index (χ0v) is 19.2. The van der Waals surface area contributed by atoms with E-state index in [9.17, 15) is 18.3 Å². The van der Waals surface area contributed by atoms with Crippen LogP contribution in [0.2, 0.25) is 5.02 Å². The predicted octanol–water partition coefficient (Wildman–Crippen LogP) is 4.47. The summed E-state index contributed by atoms with van der Waals surface area (Å²) in [4.78, 5) is 18.0. The largest absolute Gasteiger partial charge is 0.483 e. The summed E-state index contributed by atoms with van der Waals surface area (Å²) in [6, 6.07) is 7.97. The van der Waals surface area contributed by atoms with Crippen LogP contribution in [0, 0.1) is 0 Å². The molecular weight excluding hydrogens is 475 g/mol. The number of aryl methyl sites for hydroxylation is 1. The van der Waals surface area contributed by atoms with E-state index in [-0.39, 0.29) is 19.1 Å². The number of halogens is 4. The highest BCUT2D eigenvalue weighted by Crippen LogP contribution is 2.36. The van der Waals surface area contributed by atoms with Gasteiger partial charge in [0, 0.05) is 33.9 Å². The van der Waals surface area contributed by atoms with Gasteiger partial charge in [-0.15, -0.1) is 0 Å². The van der Waals surface area contributed by atoms with Gasteiger partial charge in [-0.05, 0) is 61.7 Å². The minimum Gasteiger partial charge on any atom is -0.483 e. The third-order valence-electron chi connectivity index (χ3n) is 5.79. The van der Waals surface area contributed by atoms with E-state index >= 15 is 0 Å². The molecule has 184 valence electrons. The number of carboxylic acid groups (broad SMARTS) is 1. The first-order valence-electron chi connectivity index (χ1n) is 10.6. The molecule has 3 N–H and O–H groups in total. The number of fused-ring (bicyclic) bond motifs is 3. The topological polar surface area (TPSA) is 98.7 Å². The first kappa shape index (κ1) is 25.8. The summed E-state index contributed by atoms with van der Waals surface area (Å²) in [6.07, 6.45) is -2.46. The van der Waals surface area contributed by atoms with Crippen molar-refractivity contribution in [2.45, 2.75) is 31.5 Å². The van der Waals surface area contributed by atoms with Crippen molar-refractivity contribution >= 4 is 29.0 Å². The summed E-state index contributed by atoms with van der Waals surface area (Å²) in [5.74, 6) is -0.405. The molecule has 1 aliphatic heterocycles. The molecule has 1 aromatic carbocycles. The van der Waals surface area contributed by atoms with Crippen molar-refractivity contribution in [3.8, 4) is 5.88 Å². The Kier molecular flexibility index (Phi) is 8.40. The third-order valence-corrected chi connectivity index (χ3v) is 6.03. The smallest absolute Gasteiger partial charge is 0.421 e. The number of methoxy groups -OCH3 is 1. The van der Waals surface area contributed by atoms with Gasteiger partial charge in [-0.1, -0.05) is 11.6 Å². The van der Waals surface area contributed by atoms with Crippen molar-refractivity contribution in [1.29, 1.82) is 0 Å². The van der Waals surface area contributed by atoms with Crippen LogP contribution in [-0.4, -0.2) is 58.4 Å². The molecule has 11 heteroatoms. The Bertz CT molecular complexity index is 1140. The average molecular weight is 500 g/mol. The quantitative estimate of drug-likeness (QED) is 0.433.